The smallest absolute Gasteiger partial charge is 0 e. The molecule has 0 atom stereocenters. The van der Waals surface area contributed by atoms with Crippen LogP contribution < -0.4 is 0 Å². The summed E-state index contributed by atoms with van der Waals surface area (Å²) in [5, 5.41) is 0. The standard InChI is InChI=1S/2O.2V/q;-2;;+2. The average Bonchev–Trinajstić information content (AvgIpc) is 1.00. The summed E-state index contributed by atoms with van der Waals surface area (Å²) in [7, 11) is 0. The van der Waals surface area contributed by atoms with Crippen LogP contribution in [0.3, 0.4) is 0 Å². The van der Waals surface area contributed by atoms with Crippen LogP contribution in [0, 0.1) is 0 Å². The van der Waals surface area contributed by atoms with Crippen LogP contribution in [-0.2, 0) is 45.1 Å². The zero-order chi connectivity index (χ0) is 2.00. The summed E-state index contributed by atoms with van der Waals surface area (Å²) in [4.78, 5) is 0. The molecule has 0 saturated carbocycles. The molecule has 0 amide bonds. The summed E-state index contributed by atoms with van der Waals surface area (Å²) in [6.07, 6.45) is 0. The maximum Gasteiger partial charge on any atom is 0 e. The Balaban J connectivity index is -0.00000000500. The minimum atomic E-state index is 0. The number of rotatable bonds is 0. The van der Waals surface area contributed by atoms with Crippen molar-refractivity contribution in [3.63, 3.8) is 0 Å². The van der Waals surface area contributed by atoms with Crippen LogP contribution >= 0.6 is 0 Å². The minimum Gasteiger partial charge on any atom is 0 e. The number of hydrogen-bond acceptors (Lipinski definition) is 1. The van der Waals surface area contributed by atoms with Crippen LogP contribution in [0.1, 0.15) is 0 Å². The molecule has 2 nitrogen and oxygen atoms in total. The van der Waals surface area contributed by atoms with Gasteiger partial charge in [-0.1, -0.05) is 0 Å². The van der Waals surface area contributed by atoms with Gasteiger partial charge in [-0.05, 0) is 0 Å². The van der Waals surface area contributed by atoms with Crippen LogP contribution in [0.15, 0.2) is 0 Å². The van der Waals surface area contributed by atoms with Crippen molar-refractivity contribution in [2.45, 2.75) is 0 Å². The molecule has 0 bridgehead atoms. The predicted octanol–water partition coefficient (Wildman–Crippen LogP) is -0.243. The normalized spacial score (nSPS) is 1.50. The van der Waals surface area contributed by atoms with E-state index in [0.717, 1.165) is 17.4 Å². The van der Waals surface area contributed by atoms with Crippen molar-refractivity contribution in [3.05, 3.63) is 0 Å². The third kappa shape index (κ3) is 12.6. The monoisotopic (exact) mass is 134 g/mol. The van der Waals surface area contributed by atoms with Gasteiger partial charge >= 0.3 is 21.0 Å². The SMILES string of the molecule is [O-2].[O]=[V+2].[V]. The quantitative estimate of drug-likeness (QED) is 0.450. The summed E-state index contributed by atoms with van der Waals surface area (Å²) >= 11 is 1.06. The largest absolute Gasteiger partial charge is 0 e. The second kappa shape index (κ2) is 39.1. The maximum atomic E-state index is 8.19. The molecule has 0 aromatic heterocycles. The van der Waals surface area contributed by atoms with Crippen molar-refractivity contribution in [3.8, 4) is 0 Å². The molecule has 0 fully saturated rings. The van der Waals surface area contributed by atoms with E-state index in [1.807, 2.05) is 0 Å². The zero-order valence-corrected chi connectivity index (χ0v) is 4.50. The molecule has 0 aliphatic carbocycles. The van der Waals surface area contributed by atoms with Gasteiger partial charge in [0.15, 0.2) is 0 Å². The molecule has 1 radical (unpaired) electrons. The number of hydrogen-bond donors (Lipinski definition) is 0. The van der Waals surface area contributed by atoms with Crippen molar-refractivity contribution < 1.29 is 45.1 Å². The van der Waals surface area contributed by atoms with Gasteiger partial charge in [0.1, 0.15) is 0 Å². The molecular weight excluding hydrogens is 134 g/mol. The van der Waals surface area contributed by atoms with E-state index < -0.39 is 0 Å². The van der Waals surface area contributed by atoms with E-state index in [-0.39, 0.29) is 24.0 Å². The summed E-state index contributed by atoms with van der Waals surface area (Å²) in [5.74, 6) is 0. The molecule has 0 unspecified atom stereocenters. The Bertz CT molecular complexity index is 4.00. The zero-order valence-electron chi connectivity index (χ0n) is 1.71. The molecular formula is O2V2. The molecule has 0 heterocycles. The van der Waals surface area contributed by atoms with Crippen molar-refractivity contribution in [2.24, 2.45) is 0 Å². The van der Waals surface area contributed by atoms with Crippen LogP contribution in [0.5, 0.6) is 0 Å². The fraction of sp³-hybridized carbons (Fsp3) is 0. The average molecular weight is 134 g/mol. The van der Waals surface area contributed by atoms with Crippen LogP contribution in [-0.4, -0.2) is 0 Å². The first-order chi connectivity index (χ1) is 1.00. The van der Waals surface area contributed by atoms with Gasteiger partial charge in [0.25, 0.3) is 0 Å². The fourth-order valence-corrected chi connectivity index (χ4v) is 0. The second-order valence-corrected chi connectivity index (χ2v) is 0. The molecule has 4 heteroatoms. The van der Waals surface area contributed by atoms with E-state index >= 15 is 0 Å². The van der Waals surface area contributed by atoms with Crippen molar-refractivity contribution in [1.29, 1.82) is 0 Å². The van der Waals surface area contributed by atoms with Gasteiger partial charge in [-0.2, -0.15) is 0 Å². The second-order valence-electron chi connectivity index (χ2n) is 0. The van der Waals surface area contributed by atoms with Crippen LogP contribution in [0.25, 0.3) is 0 Å². The van der Waals surface area contributed by atoms with E-state index in [4.69, 9.17) is 3.67 Å². The summed E-state index contributed by atoms with van der Waals surface area (Å²) in [6.45, 7) is 0. The molecule has 0 saturated heterocycles. The molecule has 0 aliphatic rings. The Labute approximate surface area is 45.4 Å². The molecule has 4 heavy (non-hydrogen) atoms. The summed E-state index contributed by atoms with van der Waals surface area (Å²) in [6, 6.07) is 0. The first-order valence-electron chi connectivity index (χ1n) is 0.183. The van der Waals surface area contributed by atoms with E-state index in [1.54, 1.807) is 0 Å². The van der Waals surface area contributed by atoms with Crippen molar-refractivity contribution >= 4 is 0 Å². The maximum absolute atomic E-state index is 8.19. The molecule has 0 rings (SSSR count). The Morgan fingerprint density at radius 1 is 1.25 bits per heavy atom. The summed E-state index contributed by atoms with van der Waals surface area (Å²) < 4.78 is 8.19. The molecule has 0 aromatic rings. The third-order valence-electron chi connectivity index (χ3n) is 0. The van der Waals surface area contributed by atoms with E-state index in [2.05, 4.69) is 0 Å². The first-order valence-corrected chi connectivity index (χ1v) is 0.753. The Hall–Kier alpha value is 0.929. The minimum absolute atomic E-state index is 0. The van der Waals surface area contributed by atoms with Gasteiger partial charge in [0.2, 0.25) is 0 Å². The Morgan fingerprint density at radius 2 is 1.25 bits per heavy atom. The first kappa shape index (κ1) is 20.4. The van der Waals surface area contributed by atoms with E-state index in [1.165, 1.54) is 0 Å². The van der Waals surface area contributed by atoms with Gasteiger partial charge in [0, 0.05) is 18.6 Å². The molecule has 0 spiro atoms. The summed E-state index contributed by atoms with van der Waals surface area (Å²) in [5.41, 5.74) is 0. The topological polar surface area (TPSA) is 45.6 Å². The molecule has 0 aliphatic heterocycles. The van der Waals surface area contributed by atoms with Gasteiger partial charge in [-0.3, -0.25) is 0 Å². The predicted molar refractivity (Wildman–Crippen MR) is 1.37 cm³/mol. The van der Waals surface area contributed by atoms with E-state index in [0.29, 0.717) is 0 Å². The van der Waals surface area contributed by atoms with E-state index in [9.17, 15) is 0 Å². The van der Waals surface area contributed by atoms with Gasteiger partial charge in [0.05, 0.1) is 0 Å². The Morgan fingerprint density at radius 3 is 1.25 bits per heavy atom. The Kier molecular flexibility index (Phi) is 200. The fourth-order valence-electron chi connectivity index (χ4n) is 0. The third-order valence-corrected chi connectivity index (χ3v) is 0. The van der Waals surface area contributed by atoms with Gasteiger partial charge in [-0.25, -0.2) is 0 Å². The van der Waals surface area contributed by atoms with Crippen molar-refractivity contribution in [1.82, 2.24) is 0 Å². The van der Waals surface area contributed by atoms with Crippen molar-refractivity contribution in [2.75, 3.05) is 0 Å². The molecule has 22 valence electrons. The van der Waals surface area contributed by atoms with Crippen LogP contribution in [0.4, 0.5) is 0 Å². The molecule has 0 aromatic carbocycles. The van der Waals surface area contributed by atoms with Gasteiger partial charge < -0.3 is 5.48 Å². The molecule has 0 N–H and O–H groups in total. The van der Waals surface area contributed by atoms with Gasteiger partial charge in [-0.15, -0.1) is 0 Å². The van der Waals surface area contributed by atoms with Crippen LogP contribution in [0.2, 0.25) is 0 Å².